The molecule has 0 amide bonds. The van der Waals surface area contributed by atoms with E-state index >= 15 is 0 Å². The fourth-order valence-electron chi connectivity index (χ4n) is 4.14. The molecule has 0 spiro atoms. The third-order valence-electron chi connectivity index (χ3n) is 5.95. The maximum absolute atomic E-state index is 10.6. The number of fused-ring (bicyclic) bond motifs is 1. The molecule has 1 fully saturated rings. The van der Waals surface area contributed by atoms with Crippen LogP contribution >= 0.6 is 35.3 Å². The second-order valence-electron chi connectivity index (χ2n) is 8.23. The van der Waals surface area contributed by atoms with Gasteiger partial charge in [-0.1, -0.05) is 48.5 Å². The number of aliphatic imine (C=N–C) groups is 1. The molecule has 0 radical (unpaired) electrons. The predicted octanol–water partition coefficient (Wildman–Crippen LogP) is 4.28. The molecule has 0 bridgehead atoms. The highest BCUT2D eigenvalue weighted by molar-refractivity contribution is 14.0. The first-order valence-corrected chi connectivity index (χ1v) is 11.9. The maximum atomic E-state index is 10.6. The monoisotopic (exact) mass is 564 g/mol. The molecule has 0 saturated carbocycles. The summed E-state index contributed by atoms with van der Waals surface area (Å²) < 4.78 is 1.21. The standard InChI is InChI=1S/C25H32N4OS.HI/c1-26-25(28-17-22(30)24-15-21-9-5-6-10-23(21)31-24)27-16-20-12-14-29(18-20)13-11-19-7-3-2-4-8-19;/h2-10,15,20,22,30H,11-14,16-18H2,1H3,(H2,26,27,28);1H. The van der Waals surface area contributed by atoms with Crippen LogP contribution in [0, 0.1) is 5.92 Å². The number of hydrogen-bond donors (Lipinski definition) is 3. The van der Waals surface area contributed by atoms with Gasteiger partial charge in [-0.3, -0.25) is 4.99 Å². The van der Waals surface area contributed by atoms with E-state index in [1.165, 1.54) is 22.1 Å². The highest BCUT2D eigenvalue weighted by atomic mass is 127. The van der Waals surface area contributed by atoms with Crippen LogP contribution in [0.3, 0.4) is 0 Å². The van der Waals surface area contributed by atoms with Crippen molar-refractivity contribution in [1.29, 1.82) is 0 Å². The third kappa shape index (κ3) is 6.91. The van der Waals surface area contributed by atoms with E-state index in [0.717, 1.165) is 43.4 Å². The van der Waals surface area contributed by atoms with Gasteiger partial charge in [0.25, 0.3) is 0 Å². The van der Waals surface area contributed by atoms with Crippen molar-refractivity contribution >= 4 is 51.4 Å². The van der Waals surface area contributed by atoms with Crippen LogP contribution in [0.4, 0.5) is 0 Å². The molecule has 2 atom stereocenters. The number of nitrogens with zero attached hydrogens (tertiary/aromatic N) is 2. The van der Waals surface area contributed by atoms with Crippen molar-refractivity contribution in [2.45, 2.75) is 18.9 Å². The summed E-state index contributed by atoms with van der Waals surface area (Å²) in [7, 11) is 1.78. The number of rotatable bonds is 8. The lowest BCUT2D eigenvalue weighted by Crippen LogP contribution is -2.41. The molecule has 2 aromatic carbocycles. The molecule has 7 heteroatoms. The minimum absolute atomic E-state index is 0. The number of guanidine groups is 1. The van der Waals surface area contributed by atoms with Gasteiger partial charge in [0, 0.05) is 42.8 Å². The molecule has 1 aliphatic rings. The summed E-state index contributed by atoms with van der Waals surface area (Å²) in [6.07, 6.45) is 1.78. The number of aliphatic hydroxyl groups excluding tert-OH is 1. The Balaban J connectivity index is 0.00000289. The first kappa shape index (κ1) is 25.0. The first-order valence-electron chi connectivity index (χ1n) is 11.1. The van der Waals surface area contributed by atoms with Crippen molar-refractivity contribution in [3.05, 3.63) is 71.1 Å². The van der Waals surface area contributed by atoms with Crippen LogP contribution in [0.2, 0.25) is 0 Å². The van der Waals surface area contributed by atoms with Crippen LogP contribution in [-0.4, -0.2) is 55.7 Å². The van der Waals surface area contributed by atoms with E-state index in [0.29, 0.717) is 12.5 Å². The van der Waals surface area contributed by atoms with Gasteiger partial charge < -0.3 is 20.6 Å². The number of benzene rings is 2. The Hall–Kier alpha value is -1.68. The van der Waals surface area contributed by atoms with Crippen LogP contribution in [0.15, 0.2) is 65.7 Å². The van der Waals surface area contributed by atoms with Crippen molar-refractivity contribution in [2.24, 2.45) is 10.9 Å². The van der Waals surface area contributed by atoms with Gasteiger partial charge in [0.15, 0.2) is 5.96 Å². The molecule has 0 aliphatic carbocycles. The lowest BCUT2D eigenvalue weighted by atomic mass is 10.1. The normalized spacial score (nSPS) is 17.8. The number of hydrogen-bond acceptors (Lipinski definition) is 4. The van der Waals surface area contributed by atoms with E-state index in [1.807, 2.05) is 12.1 Å². The second kappa shape index (κ2) is 12.5. The Kier molecular flexibility index (Phi) is 9.77. The van der Waals surface area contributed by atoms with E-state index in [4.69, 9.17) is 0 Å². The largest absolute Gasteiger partial charge is 0.386 e. The molecule has 172 valence electrons. The van der Waals surface area contributed by atoms with Crippen molar-refractivity contribution in [3.63, 3.8) is 0 Å². The smallest absolute Gasteiger partial charge is 0.191 e. The van der Waals surface area contributed by atoms with E-state index in [1.54, 1.807) is 18.4 Å². The Bertz CT molecular complexity index is 961. The third-order valence-corrected chi connectivity index (χ3v) is 7.16. The molecular formula is C25H33IN4OS. The average Bonchev–Trinajstić information content (AvgIpc) is 3.45. The van der Waals surface area contributed by atoms with Crippen molar-refractivity contribution in [2.75, 3.05) is 39.8 Å². The zero-order valence-electron chi connectivity index (χ0n) is 18.5. The molecular weight excluding hydrogens is 531 g/mol. The van der Waals surface area contributed by atoms with Crippen molar-refractivity contribution < 1.29 is 5.11 Å². The van der Waals surface area contributed by atoms with Gasteiger partial charge in [0.05, 0.1) is 0 Å². The van der Waals surface area contributed by atoms with E-state index < -0.39 is 6.10 Å². The zero-order chi connectivity index (χ0) is 21.5. The molecule has 3 aromatic rings. The molecule has 2 heterocycles. The molecule has 3 N–H and O–H groups in total. The van der Waals surface area contributed by atoms with Gasteiger partial charge in [-0.05, 0) is 48.4 Å². The van der Waals surface area contributed by atoms with E-state index in [2.05, 4.69) is 69.1 Å². The Morgan fingerprint density at radius 1 is 1.16 bits per heavy atom. The van der Waals surface area contributed by atoms with Gasteiger partial charge in [0.2, 0.25) is 0 Å². The van der Waals surface area contributed by atoms with Crippen LogP contribution in [0.25, 0.3) is 10.1 Å². The van der Waals surface area contributed by atoms with Crippen LogP contribution in [-0.2, 0) is 6.42 Å². The van der Waals surface area contributed by atoms with E-state index in [9.17, 15) is 5.11 Å². The molecule has 1 aromatic heterocycles. The minimum atomic E-state index is -0.545. The van der Waals surface area contributed by atoms with Crippen molar-refractivity contribution in [1.82, 2.24) is 15.5 Å². The summed E-state index contributed by atoms with van der Waals surface area (Å²) in [5.41, 5.74) is 1.41. The fourth-order valence-corrected chi connectivity index (χ4v) is 5.19. The van der Waals surface area contributed by atoms with E-state index in [-0.39, 0.29) is 24.0 Å². The van der Waals surface area contributed by atoms with Crippen LogP contribution in [0.1, 0.15) is 23.0 Å². The van der Waals surface area contributed by atoms with Gasteiger partial charge in [-0.15, -0.1) is 35.3 Å². The number of likely N-dealkylation sites (tertiary alicyclic amines) is 1. The topological polar surface area (TPSA) is 59.9 Å². The highest BCUT2D eigenvalue weighted by Crippen LogP contribution is 2.29. The number of aliphatic hydroxyl groups is 1. The Labute approximate surface area is 212 Å². The molecule has 4 rings (SSSR count). The van der Waals surface area contributed by atoms with Crippen molar-refractivity contribution in [3.8, 4) is 0 Å². The van der Waals surface area contributed by atoms with Gasteiger partial charge in [0.1, 0.15) is 6.10 Å². The Morgan fingerprint density at radius 3 is 2.72 bits per heavy atom. The van der Waals surface area contributed by atoms with Gasteiger partial charge in [-0.2, -0.15) is 0 Å². The zero-order valence-corrected chi connectivity index (χ0v) is 21.7. The number of nitrogens with one attached hydrogen (secondary N) is 2. The Morgan fingerprint density at radius 2 is 1.94 bits per heavy atom. The molecule has 32 heavy (non-hydrogen) atoms. The first-order chi connectivity index (χ1) is 15.2. The van der Waals surface area contributed by atoms with Crippen LogP contribution < -0.4 is 10.6 Å². The summed E-state index contributed by atoms with van der Waals surface area (Å²) in [4.78, 5) is 7.86. The quantitative estimate of drug-likeness (QED) is 0.217. The fraction of sp³-hybridized carbons (Fsp3) is 0.400. The lowest BCUT2D eigenvalue weighted by molar-refractivity contribution is 0.184. The average molecular weight is 565 g/mol. The molecule has 5 nitrogen and oxygen atoms in total. The molecule has 1 saturated heterocycles. The molecule has 2 unspecified atom stereocenters. The number of halogens is 1. The predicted molar refractivity (Wildman–Crippen MR) is 146 cm³/mol. The summed E-state index contributed by atoms with van der Waals surface area (Å²) >= 11 is 1.65. The number of thiophene rings is 1. The molecule has 1 aliphatic heterocycles. The summed E-state index contributed by atoms with van der Waals surface area (Å²) in [6.45, 7) is 4.76. The summed E-state index contributed by atoms with van der Waals surface area (Å²) in [5.74, 6) is 1.38. The lowest BCUT2D eigenvalue weighted by Gasteiger charge is -2.18. The summed E-state index contributed by atoms with van der Waals surface area (Å²) in [6, 6.07) is 21.0. The SMILES string of the molecule is CN=C(NCC1CCN(CCc2ccccc2)C1)NCC(O)c1cc2ccccc2s1.I. The maximum Gasteiger partial charge on any atom is 0.191 e. The highest BCUT2D eigenvalue weighted by Gasteiger charge is 2.22. The minimum Gasteiger partial charge on any atom is -0.386 e. The van der Waals surface area contributed by atoms with Gasteiger partial charge in [-0.25, -0.2) is 0 Å². The summed E-state index contributed by atoms with van der Waals surface area (Å²) in [5, 5.41) is 18.5. The van der Waals surface area contributed by atoms with Gasteiger partial charge >= 0.3 is 0 Å². The van der Waals surface area contributed by atoms with Crippen LogP contribution in [0.5, 0.6) is 0 Å². The second-order valence-corrected chi connectivity index (χ2v) is 9.34.